The fraction of sp³-hybridized carbons (Fsp3) is 0.360. The standard InChI is InChI=1S/C25H29N5O/c1-29-13-15-30(16-14-29)17-25(31)28-22-8-4-7-21-20(22)10-12-24(26-21)27-23-11-9-18-5-2-3-6-19(18)23/h2-8,10,12,23H,9,11,13-17H2,1H3,(H,26,27)(H,28,31). The maximum Gasteiger partial charge on any atom is 0.238 e. The highest BCUT2D eigenvalue weighted by Gasteiger charge is 2.22. The number of rotatable bonds is 5. The number of benzene rings is 2. The van der Waals surface area contributed by atoms with Crippen molar-refractivity contribution < 1.29 is 4.79 Å². The molecule has 2 heterocycles. The van der Waals surface area contributed by atoms with E-state index in [-0.39, 0.29) is 5.91 Å². The molecule has 2 aliphatic rings. The Morgan fingerprint density at radius 2 is 1.87 bits per heavy atom. The van der Waals surface area contributed by atoms with Crippen molar-refractivity contribution in [1.82, 2.24) is 14.8 Å². The number of anilines is 2. The van der Waals surface area contributed by atoms with E-state index in [0.717, 1.165) is 61.4 Å². The Morgan fingerprint density at radius 1 is 1.03 bits per heavy atom. The van der Waals surface area contributed by atoms with Crippen molar-refractivity contribution in [2.75, 3.05) is 50.4 Å². The van der Waals surface area contributed by atoms with E-state index in [1.54, 1.807) is 0 Å². The van der Waals surface area contributed by atoms with Crippen LogP contribution in [0.1, 0.15) is 23.6 Å². The third kappa shape index (κ3) is 4.40. The normalized spacial score (nSPS) is 19.3. The fourth-order valence-corrected chi connectivity index (χ4v) is 4.63. The molecule has 0 saturated carbocycles. The van der Waals surface area contributed by atoms with Crippen molar-refractivity contribution in [2.45, 2.75) is 18.9 Å². The second-order valence-corrected chi connectivity index (χ2v) is 8.63. The highest BCUT2D eigenvalue weighted by molar-refractivity contribution is 6.02. The van der Waals surface area contributed by atoms with E-state index in [4.69, 9.17) is 4.98 Å². The summed E-state index contributed by atoms with van der Waals surface area (Å²) in [6.07, 6.45) is 2.19. The largest absolute Gasteiger partial charge is 0.363 e. The third-order valence-corrected chi connectivity index (χ3v) is 6.42. The molecule has 2 aromatic carbocycles. The van der Waals surface area contributed by atoms with Gasteiger partial charge in [0.15, 0.2) is 0 Å². The van der Waals surface area contributed by atoms with Gasteiger partial charge in [-0.2, -0.15) is 0 Å². The average Bonchev–Trinajstić information content (AvgIpc) is 3.18. The molecule has 1 aliphatic carbocycles. The van der Waals surface area contributed by atoms with Crippen molar-refractivity contribution in [3.8, 4) is 0 Å². The SMILES string of the molecule is CN1CCN(CC(=O)Nc2cccc3nc(NC4CCc5ccccc54)ccc23)CC1. The average molecular weight is 416 g/mol. The maximum absolute atomic E-state index is 12.6. The lowest BCUT2D eigenvalue weighted by atomic mass is 10.1. The van der Waals surface area contributed by atoms with E-state index in [1.807, 2.05) is 24.3 Å². The molecule has 1 fully saturated rings. The first-order chi connectivity index (χ1) is 15.2. The number of aromatic nitrogens is 1. The van der Waals surface area contributed by atoms with Gasteiger partial charge < -0.3 is 15.5 Å². The number of nitrogens with zero attached hydrogens (tertiary/aromatic N) is 3. The van der Waals surface area contributed by atoms with Crippen LogP contribution in [0, 0.1) is 0 Å². The molecule has 0 spiro atoms. The highest BCUT2D eigenvalue weighted by Crippen LogP contribution is 2.34. The molecule has 6 nitrogen and oxygen atoms in total. The molecule has 1 aliphatic heterocycles. The van der Waals surface area contributed by atoms with Crippen molar-refractivity contribution in [2.24, 2.45) is 0 Å². The van der Waals surface area contributed by atoms with E-state index >= 15 is 0 Å². The van der Waals surface area contributed by atoms with Gasteiger partial charge in [-0.15, -0.1) is 0 Å². The van der Waals surface area contributed by atoms with Crippen LogP contribution in [-0.2, 0) is 11.2 Å². The van der Waals surface area contributed by atoms with Crippen LogP contribution in [0.25, 0.3) is 10.9 Å². The second kappa shape index (κ2) is 8.65. The van der Waals surface area contributed by atoms with Crippen LogP contribution < -0.4 is 10.6 Å². The molecule has 1 amide bonds. The highest BCUT2D eigenvalue weighted by atomic mass is 16.2. The summed E-state index contributed by atoms with van der Waals surface area (Å²) < 4.78 is 0. The predicted octanol–water partition coefficient (Wildman–Crippen LogP) is 3.52. The molecule has 160 valence electrons. The molecule has 0 bridgehead atoms. The van der Waals surface area contributed by atoms with E-state index in [9.17, 15) is 4.79 Å². The van der Waals surface area contributed by atoms with Gasteiger partial charge in [-0.3, -0.25) is 9.69 Å². The minimum Gasteiger partial charge on any atom is -0.363 e. The van der Waals surface area contributed by atoms with Gasteiger partial charge in [-0.1, -0.05) is 30.3 Å². The van der Waals surface area contributed by atoms with Gasteiger partial charge in [0.05, 0.1) is 23.8 Å². The van der Waals surface area contributed by atoms with Gasteiger partial charge in [-0.25, -0.2) is 4.98 Å². The Bertz CT molecular complexity index is 1090. The van der Waals surface area contributed by atoms with Gasteiger partial charge in [0.2, 0.25) is 5.91 Å². The quantitative estimate of drug-likeness (QED) is 0.668. The van der Waals surface area contributed by atoms with Gasteiger partial charge in [-0.05, 0) is 55.3 Å². The summed E-state index contributed by atoms with van der Waals surface area (Å²) in [4.78, 5) is 21.9. The monoisotopic (exact) mass is 415 g/mol. The first kappa shape index (κ1) is 20.0. The zero-order valence-corrected chi connectivity index (χ0v) is 18.0. The molecule has 2 N–H and O–H groups in total. The van der Waals surface area contributed by atoms with Crippen molar-refractivity contribution in [1.29, 1.82) is 0 Å². The minimum absolute atomic E-state index is 0.0295. The summed E-state index contributed by atoms with van der Waals surface area (Å²) in [6.45, 7) is 4.30. The Hall–Kier alpha value is -2.96. The molecule has 1 aromatic heterocycles. The van der Waals surface area contributed by atoms with Gasteiger partial charge in [0.1, 0.15) is 5.82 Å². The number of aryl methyl sites for hydroxylation is 1. The van der Waals surface area contributed by atoms with Crippen LogP contribution in [0.5, 0.6) is 0 Å². The molecule has 3 aromatic rings. The van der Waals surface area contributed by atoms with Crippen LogP contribution in [-0.4, -0.2) is 60.5 Å². The predicted molar refractivity (Wildman–Crippen MR) is 125 cm³/mol. The number of likely N-dealkylation sites (N-methyl/N-ethyl adjacent to an activating group) is 1. The molecular weight excluding hydrogens is 386 g/mol. The number of fused-ring (bicyclic) bond motifs is 2. The summed E-state index contributed by atoms with van der Waals surface area (Å²) in [7, 11) is 2.12. The van der Waals surface area contributed by atoms with Crippen LogP contribution >= 0.6 is 0 Å². The van der Waals surface area contributed by atoms with Crippen molar-refractivity contribution in [3.05, 3.63) is 65.7 Å². The molecular formula is C25H29N5O. The topological polar surface area (TPSA) is 60.5 Å². The van der Waals surface area contributed by atoms with E-state index in [2.05, 4.69) is 57.8 Å². The maximum atomic E-state index is 12.6. The number of carbonyl (C=O) groups excluding carboxylic acids is 1. The zero-order valence-electron chi connectivity index (χ0n) is 18.0. The lowest BCUT2D eigenvalue weighted by Gasteiger charge is -2.31. The first-order valence-corrected chi connectivity index (χ1v) is 11.1. The Labute approximate surface area is 183 Å². The molecule has 1 unspecified atom stereocenters. The number of nitrogens with one attached hydrogen (secondary N) is 2. The molecule has 1 atom stereocenters. The van der Waals surface area contributed by atoms with E-state index < -0.39 is 0 Å². The van der Waals surface area contributed by atoms with Gasteiger partial charge in [0, 0.05) is 31.6 Å². The van der Waals surface area contributed by atoms with Crippen LogP contribution in [0.3, 0.4) is 0 Å². The molecule has 6 heteroatoms. The third-order valence-electron chi connectivity index (χ3n) is 6.42. The smallest absolute Gasteiger partial charge is 0.238 e. The number of pyridine rings is 1. The summed E-state index contributed by atoms with van der Waals surface area (Å²) in [5, 5.41) is 7.66. The van der Waals surface area contributed by atoms with Crippen LogP contribution in [0.15, 0.2) is 54.6 Å². The number of piperazine rings is 1. The molecule has 5 rings (SSSR count). The summed E-state index contributed by atoms with van der Waals surface area (Å²) >= 11 is 0. The lowest BCUT2D eigenvalue weighted by molar-refractivity contribution is -0.117. The van der Waals surface area contributed by atoms with E-state index in [1.165, 1.54) is 11.1 Å². The Kier molecular flexibility index (Phi) is 5.57. The van der Waals surface area contributed by atoms with Crippen molar-refractivity contribution in [3.63, 3.8) is 0 Å². The number of amides is 1. The van der Waals surface area contributed by atoms with Crippen molar-refractivity contribution >= 4 is 28.3 Å². The number of hydrogen-bond donors (Lipinski definition) is 2. The number of hydrogen-bond acceptors (Lipinski definition) is 5. The van der Waals surface area contributed by atoms with E-state index in [0.29, 0.717) is 12.6 Å². The summed E-state index contributed by atoms with van der Waals surface area (Å²) in [5.74, 6) is 0.900. The second-order valence-electron chi connectivity index (χ2n) is 8.63. The lowest BCUT2D eigenvalue weighted by Crippen LogP contribution is -2.47. The molecule has 31 heavy (non-hydrogen) atoms. The summed E-state index contributed by atoms with van der Waals surface area (Å²) in [5.41, 5.74) is 4.50. The van der Waals surface area contributed by atoms with Gasteiger partial charge in [0.25, 0.3) is 0 Å². The molecule has 0 radical (unpaired) electrons. The summed E-state index contributed by atoms with van der Waals surface area (Å²) in [6, 6.07) is 18.9. The first-order valence-electron chi connectivity index (χ1n) is 11.1. The van der Waals surface area contributed by atoms with Crippen LogP contribution in [0.4, 0.5) is 11.5 Å². The molecule has 1 saturated heterocycles. The Morgan fingerprint density at radius 3 is 2.74 bits per heavy atom. The Balaban J connectivity index is 1.28. The van der Waals surface area contributed by atoms with Gasteiger partial charge >= 0.3 is 0 Å². The zero-order chi connectivity index (χ0) is 21.2. The fourth-order valence-electron chi connectivity index (χ4n) is 4.63. The minimum atomic E-state index is 0.0295. The number of carbonyl (C=O) groups is 1. The van der Waals surface area contributed by atoms with Crippen LogP contribution in [0.2, 0.25) is 0 Å².